The highest BCUT2D eigenvalue weighted by Gasteiger charge is 2.42. The van der Waals surface area contributed by atoms with Crippen molar-refractivity contribution in [2.45, 2.75) is 50.2 Å². The second kappa shape index (κ2) is 6.55. The maximum absolute atomic E-state index is 6.42. The van der Waals surface area contributed by atoms with Gasteiger partial charge in [0.1, 0.15) is 0 Å². The molecule has 1 aliphatic heterocycles. The molecule has 2 aliphatic rings. The van der Waals surface area contributed by atoms with Gasteiger partial charge in [-0.3, -0.25) is 11.3 Å². The fraction of sp³-hybridized carbons (Fsp3) is 0.625. The van der Waals surface area contributed by atoms with E-state index in [9.17, 15) is 0 Å². The van der Waals surface area contributed by atoms with Gasteiger partial charge in [0.15, 0.2) is 0 Å². The Morgan fingerprint density at radius 3 is 2.81 bits per heavy atom. The fourth-order valence-corrected chi connectivity index (χ4v) is 4.74. The molecule has 3 N–H and O–H groups in total. The van der Waals surface area contributed by atoms with Gasteiger partial charge in [0, 0.05) is 16.1 Å². The first-order valence-corrected chi connectivity index (χ1v) is 8.86. The molecule has 1 saturated carbocycles. The number of hydrazine groups is 1. The van der Waals surface area contributed by atoms with E-state index in [4.69, 9.17) is 22.2 Å². The Balaban J connectivity index is 1.82. The molecule has 3 nitrogen and oxygen atoms in total. The number of rotatable bonds is 3. The first kappa shape index (κ1) is 15.8. The summed E-state index contributed by atoms with van der Waals surface area (Å²) in [5.41, 5.74) is 4.18. The summed E-state index contributed by atoms with van der Waals surface area (Å²) < 4.78 is 7.12. The van der Waals surface area contributed by atoms with E-state index in [0.717, 1.165) is 34.5 Å². The second-order valence-electron chi connectivity index (χ2n) is 6.30. The molecule has 1 heterocycles. The van der Waals surface area contributed by atoms with Crippen molar-refractivity contribution in [3.05, 3.63) is 33.3 Å². The van der Waals surface area contributed by atoms with Gasteiger partial charge in [-0.05, 0) is 49.3 Å². The van der Waals surface area contributed by atoms with E-state index in [1.165, 1.54) is 25.7 Å². The lowest BCUT2D eigenvalue weighted by atomic mass is 9.79. The Morgan fingerprint density at radius 2 is 2.14 bits per heavy atom. The summed E-state index contributed by atoms with van der Waals surface area (Å²) >= 11 is 9.87. The molecule has 0 bridgehead atoms. The summed E-state index contributed by atoms with van der Waals surface area (Å²) in [7, 11) is 0. The van der Waals surface area contributed by atoms with Crippen molar-refractivity contribution in [3.8, 4) is 0 Å². The average Bonchev–Trinajstić information content (AvgIpc) is 2.90. The van der Waals surface area contributed by atoms with Crippen LogP contribution in [-0.2, 0) is 4.74 Å². The lowest BCUT2D eigenvalue weighted by Gasteiger charge is -2.41. The van der Waals surface area contributed by atoms with Gasteiger partial charge in [-0.1, -0.05) is 46.4 Å². The zero-order chi connectivity index (χ0) is 14.9. The van der Waals surface area contributed by atoms with E-state index in [-0.39, 0.29) is 11.6 Å². The normalized spacial score (nSPS) is 26.1. The van der Waals surface area contributed by atoms with Crippen molar-refractivity contribution in [1.29, 1.82) is 0 Å². The molecule has 1 spiro atoms. The molecule has 116 valence electrons. The zero-order valence-electron chi connectivity index (χ0n) is 12.1. The Hall–Kier alpha value is -0.130. The summed E-state index contributed by atoms with van der Waals surface area (Å²) in [6.45, 7) is 0.830. The summed E-state index contributed by atoms with van der Waals surface area (Å²) in [5.74, 6) is 6.34. The molecule has 3 rings (SSSR count). The molecular formula is C16H22BrClN2O. The highest BCUT2D eigenvalue weighted by Crippen LogP contribution is 2.46. The average molecular weight is 374 g/mol. The van der Waals surface area contributed by atoms with Gasteiger partial charge >= 0.3 is 0 Å². The van der Waals surface area contributed by atoms with Crippen molar-refractivity contribution < 1.29 is 4.74 Å². The van der Waals surface area contributed by atoms with Crippen LogP contribution in [0.15, 0.2) is 22.7 Å². The van der Waals surface area contributed by atoms with E-state index >= 15 is 0 Å². The number of ether oxygens (including phenoxy) is 1. The first-order chi connectivity index (χ1) is 10.1. The van der Waals surface area contributed by atoms with E-state index in [1.807, 2.05) is 12.1 Å². The number of nitrogens with two attached hydrogens (primary N) is 1. The molecule has 1 aliphatic carbocycles. The summed E-state index contributed by atoms with van der Waals surface area (Å²) in [6.07, 6.45) is 7.06. The van der Waals surface area contributed by atoms with Gasteiger partial charge in [0.25, 0.3) is 0 Å². The van der Waals surface area contributed by atoms with Crippen molar-refractivity contribution in [3.63, 3.8) is 0 Å². The van der Waals surface area contributed by atoms with E-state index in [1.54, 1.807) is 0 Å². The molecular weight excluding hydrogens is 352 g/mol. The van der Waals surface area contributed by atoms with Crippen LogP contribution in [0.5, 0.6) is 0 Å². The molecule has 2 unspecified atom stereocenters. The minimum Gasteiger partial charge on any atom is -0.375 e. The molecule has 2 atom stereocenters. The molecule has 1 aromatic carbocycles. The quantitative estimate of drug-likeness (QED) is 0.612. The van der Waals surface area contributed by atoms with Gasteiger partial charge in [-0.15, -0.1) is 0 Å². The maximum atomic E-state index is 6.42. The van der Waals surface area contributed by atoms with Gasteiger partial charge in [-0.25, -0.2) is 0 Å². The van der Waals surface area contributed by atoms with E-state index in [0.29, 0.717) is 5.92 Å². The smallest absolute Gasteiger partial charge is 0.0686 e. The Kier molecular flexibility index (Phi) is 4.91. The summed E-state index contributed by atoms with van der Waals surface area (Å²) in [4.78, 5) is 0. The predicted molar refractivity (Wildman–Crippen MR) is 89.1 cm³/mol. The van der Waals surface area contributed by atoms with Gasteiger partial charge in [0.05, 0.1) is 11.6 Å². The summed E-state index contributed by atoms with van der Waals surface area (Å²) in [5, 5.41) is 0.763. The minimum atomic E-state index is 0.0898. The van der Waals surface area contributed by atoms with Crippen LogP contribution >= 0.6 is 27.5 Å². The SMILES string of the molecule is NNC(c1ccc(Br)cc1Cl)C1CCOC2(CCCC2)C1. The van der Waals surface area contributed by atoms with E-state index < -0.39 is 0 Å². The molecule has 5 heteroatoms. The van der Waals surface area contributed by atoms with Crippen molar-refractivity contribution in [2.75, 3.05) is 6.61 Å². The molecule has 0 aromatic heterocycles. The van der Waals surface area contributed by atoms with Crippen LogP contribution < -0.4 is 11.3 Å². The summed E-state index contributed by atoms with van der Waals surface area (Å²) in [6, 6.07) is 6.11. The number of hydrogen-bond donors (Lipinski definition) is 2. The van der Waals surface area contributed by atoms with Gasteiger partial charge in [-0.2, -0.15) is 0 Å². The van der Waals surface area contributed by atoms with Crippen LogP contribution in [-0.4, -0.2) is 12.2 Å². The van der Waals surface area contributed by atoms with Crippen LogP contribution in [0.1, 0.15) is 50.1 Å². The number of hydrogen-bond acceptors (Lipinski definition) is 3. The molecule has 21 heavy (non-hydrogen) atoms. The maximum Gasteiger partial charge on any atom is 0.0686 e. The van der Waals surface area contributed by atoms with Gasteiger partial charge < -0.3 is 4.74 Å². The predicted octanol–water partition coefficient (Wildman–Crippen LogP) is 4.35. The first-order valence-electron chi connectivity index (χ1n) is 7.69. The lowest BCUT2D eigenvalue weighted by molar-refractivity contribution is -0.0982. The highest BCUT2D eigenvalue weighted by molar-refractivity contribution is 9.10. The lowest BCUT2D eigenvalue weighted by Crippen LogP contribution is -2.43. The van der Waals surface area contributed by atoms with Crippen LogP contribution in [0.25, 0.3) is 0 Å². The fourth-order valence-electron chi connectivity index (χ4n) is 3.95. The molecule has 2 fully saturated rings. The Bertz CT molecular complexity index is 505. The van der Waals surface area contributed by atoms with Crippen molar-refractivity contribution in [1.82, 2.24) is 5.43 Å². The number of halogens is 2. The number of nitrogens with one attached hydrogen (secondary N) is 1. The third kappa shape index (κ3) is 3.30. The Morgan fingerprint density at radius 1 is 1.38 bits per heavy atom. The largest absolute Gasteiger partial charge is 0.375 e. The van der Waals surface area contributed by atoms with Gasteiger partial charge in [0.2, 0.25) is 0 Å². The standard InChI is InChI=1S/C16H22BrClN2O/c17-12-3-4-13(14(18)9-12)15(20-19)11-5-8-21-16(10-11)6-1-2-7-16/h3-4,9,11,15,20H,1-2,5-8,10,19H2. The molecule has 1 saturated heterocycles. The molecule has 1 aromatic rings. The molecule has 0 amide bonds. The monoisotopic (exact) mass is 372 g/mol. The topological polar surface area (TPSA) is 47.3 Å². The third-order valence-electron chi connectivity index (χ3n) is 4.99. The highest BCUT2D eigenvalue weighted by atomic mass is 79.9. The minimum absolute atomic E-state index is 0.0898. The Labute approximate surface area is 139 Å². The van der Waals surface area contributed by atoms with E-state index in [2.05, 4.69) is 27.4 Å². The van der Waals surface area contributed by atoms with Crippen molar-refractivity contribution in [2.24, 2.45) is 11.8 Å². The zero-order valence-corrected chi connectivity index (χ0v) is 14.4. The third-order valence-corrected chi connectivity index (χ3v) is 5.81. The van der Waals surface area contributed by atoms with Crippen LogP contribution in [0.3, 0.4) is 0 Å². The second-order valence-corrected chi connectivity index (χ2v) is 7.62. The van der Waals surface area contributed by atoms with Crippen molar-refractivity contribution >= 4 is 27.5 Å². The number of benzene rings is 1. The van der Waals surface area contributed by atoms with Crippen LogP contribution in [0.2, 0.25) is 5.02 Å². The van der Waals surface area contributed by atoms with Crippen LogP contribution in [0, 0.1) is 5.92 Å². The molecule has 0 radical (unpaired) electrons. The van der Waals surface area contributed by atoms with Crippen LogP contribution in [0.4, 0.5) is 0 Å².